The lowest BCUT2D eigenvalue weighted by Crippen LogP contribution is -2.14. The van der Waals surface area contributed by atoms with Gasteiger partial charge in [-0.3, -0.25) is 5.10 Å². The minimum atomic E-state index is -0.953. The molecule has 0 saturated heterocycles. The van der Waals surface area contributed by atoms with Crippen LogP contribution < -0.4 is 0 Å². The number of hydrogen-bond acceptors (Lipinski definition) is 2. The average Bonchev–Trinajstić information content (AvgIpc) is 2.60. The van der Waals surface area contributed by atoms with E-state index in [4.69, 9.17) is 0 Å². The van der Waals surface area contributed by atoms with Crippen LogP contribution in [0.4, 0.5) is 0 Å². The van der Waals surface area contributed by atoms with Crippen molar-refractivity contribution in [1.29, 1.82) is 0 Å². The summed E-state index contributed by atoms with van der Waals surface area (Å²) in [7, 11) is 0. The summed E-state index contributed by atoms with van der Waals surface area (Å²) in [6, 6.07) is 5.77. The molecule has 0 aliphatic heterocycles. The number of fused-ring (bicyclic) bond motifs is 1. The number of aliphatic hydroxyl groups is 1. The zero-order chi connectivity index (χ0) is 10.9. The molecule has 76 valence electrons. The van der Waals surface area contributed by atoms with Gasteiger partial charge >= 0.3 is 0 Å². The zero-order valence-electron chi connectivity index (χ0n) is 8.70. The van der Waals surface area contributed by atoms with Gasteiger partial charge in [0.25, 0.3) is 0 Å². The highest BCUT2D eigenvalue weighted by Crippen LogP contribution is 2.12. The molecular weight excluding hydrogens is 188 g/mol. The number of nitrogens with zero attached hydrogens (tertiary/aromatic N) is 1. The fraction of sp³-hybridized carbons (Fsp3) is 0.250. The van der Waals surface area contributed by atoms with Gasteiger partial charge in [0.05, 0.1) is 11.7 Å². The highest BCUT2D eigenvalue weighted by Gasteiger charge is 2.05. The maximum atomic E-state index is 9.46. The van der Waals surface area contributed by atoms with Crippen LogP contribution in [-0.2, 0) is 0 Å². The zero-order valence-corrected chi connectivity index (χ0v) is 8.70. The molecule has 1 aromatic carbocycles. The normalized spacial score (nSPS) is 11.1. The molecule has 2 N–H and O–H groups in total. The SMILES string of the molecule is CC(C)(O)C#Cc1ccc2[nH]ncc2c1. The minimum Gasteiger partial charge on any atom is -0.378 e. The van der Waals surface area contributed by atoms with Crippen LogP contribution in [0, 0.1) is 11.8 Å². The number of hydrogen-bond donors (Lipinski definition) is 2. The predicted octanol–water partition coefficient (Wildman–Crippen LogP) is 1.69. The molecule has 0 saturated carbocycles. The van der Waals surface area contributed by atoms with E-state index in [2.05, 4.69) is 22.0 Å². The van der Waals surface area contributed by atoms with Crippen LogP contribution in [0.1, 0.15) is 19.4 Å². The van der Waals surface area contributed by atoms with Gasteiger partial charge in [0.2, 0.25) is 0 Å². The van der Waals surface area contributed by atoms with Crippen molar-refractivity contribution in [1.82, 2.24) is 10.2 Å². The molecule has 0 atom stereocenters. The lowest BCUT2D eigenvalue weighted by molar-refractivity contribution is 0.143. The Morgan fingerprint density at radius 2 is 2.20 bits per heavy atom. The summed E-state index contributed by atoms with van der Waals surface area (Å²) in [5.41, 5.74) is 0.917. The molecule has 0 fully saturated rings. The van der Waals surface area contributed by atoms with E-state index in [1.165, 1.54) is 0 Å². The second-order valence-corrected chi connectivity index (χ2v) is 3.98. The lowest BCUT2D eigenvalue weighted by atomic mass is 10.1. The Kier molecular flexibility index (Phi) is 2.22. The average molecular weight is 200 g/mol. The summed E-state index contributed by atoms with van der Waals surface area (Å²) in [4.78, 5) is 0. The van der Waals surface area contributed by atoms with Crippen LogP contribution in [0.5, 0.6) is 0 Å². The molecule has 1 heterocycles. The lowest BCUT2D eigenvalue weighted by Gasteiger charge is -2.05. The number of rotatable bonds is 0. The molecule has 3 nitrogen and oxygen atoms in total. The smallest absolute Gasteiger partial charge is 0.120 e. The third-order valence-electron chi connectivity index (χ3n) is 1.95. The van der Waals surface area contributed by atoms with E-state index in [1.54, 1.807) is 20.0 Å². The van der Waals surface area contributed by atoms with Gasteiger partial charge in [0.1, 0.15) is 5.60 Å². The largest absolute Gasteiger partial charge is 0.378 e. The van der Waals surface area contributed by atoms with Crippen molar-refractivity contribution in [3.05, 3.63) is 30.0 Å². The standard InChI is InChI=1S/C12H12N2O/c1-12(2,15)6-5-9-3-4-11-10(7-9)8-13-14-11/h3-4,7-8,15H,1-2H3,(H,13,14). The monoisotopic (exact) mass is 200 g/mol. The molecule has 0 amide bonds. The van der Waals surface area contributed by atoms with E-state index in [1.807, 2.05) is 18.2 Å². The van der Waals surface area contributed by atoms with Crippen LogP contribution >= 0.6 is 0 Å². The van der Waals surface area contributed by atoms with Gasteiger partial charge in [-0.05, 0) is 32.0 Å². The van der Waals surface area contributed by atoms with Gasteiger partial charge in [0.15, 0.2) is 0 Å². The van der Waals surface area contributed by atoms with Gasteiger partial charge in [-0.25, -0.2) is 0 Å². The maximum Gasteiger partial charge on any atom is 0.120 e. The number of aromatic amines is 1. The first-order chi connectivity index (χ1) is 7.04. The van der Waals surface area contributed by atoms with Gasteiger partial charge in [0, 0.05) is 10.9 Å². The highest BCUT2D eigenvalue weighted by atomic mass is 16.3. The van der Waals surface area contributed by atoms with E-state index >= 15 is 0 Å². The summed E-state index contributed by atoms with van der Waals surface area (Å²) in [6.07, 6.45) is 1.75. The van der Waals surface area contributed by atoms with Crippen LogP contribution in [0.15, 0.2) is 24.4 Å². The molecule has 2 rings (SSSR count). The third-order valence-corrected chi connectivity index (χ3v) is 1.95. The Hall–Kier alpha value is -1.79. The van der Waals surface area contributed by atoms with Crippen molar-refractivity contribution in [2.45, 2.75) is 19.4 Å². The molecule has 0 aliphatic carbocycles. The van der Waals surface area contributed by atoms with Crippen LogP contribution in [-0.4, -0.2) is 20.9 Å². The Balaban J connectivity index is 2.39. The van der Waals surface area contributed by atoms with Crippen molar-refractivity contribution < 1.29 is 5.11 Å². The Morgan fingerprint density at radius 3 is 2.93 bits per heavy atom. The van der Waals surface area contributed by atoms with Gasteiger partial charge < -0.3 is 5.11 Å². The van der Waals surface area contributed by atoms with Crippen LogP contribution in [0.2, 0.25) is 0 Å². The number of aromatic nitrogens is 2. The molecule has 2 aromatic rings. The van der Waals surface area contributed by atoms with Crippen molar-refractivity contribution >= 4 is 10.9 Å². The molecule has 0 radical (unpaired) electrons. The Bertz CT molecular complexity index is 538. The molecule has 0 aliphatic rings. The molecule has 0 bridgehead atoms. The molecule has 1 aromatic heterocycles. The van der Waals surface area contributed by atoms with Crippen molar-refractivity contribution in [2.24, 2.45) is 0 Å². The first-order valence-corrected chi connectivity index (χ1v) is 4.73. The Morgan fingerprint density at radius 1 is 1.40 bits per heavy atom. The third kappa shape index (κ3) is 2.36. The summed E-state index contributed by atoms with van der Waals surface area (Å²) in [5.74, 6) is 5.69. The number of benzene rings is 1. The highest BCUT2D eigenvalue weighted by molar-refractivity contribution is 5.79. The van der Waals surface area contributed by atoms with Gasteiger partial charge in [-0.1, -0.05) is 11.8 Å². The van der Waals surface area contributed by atoms with Crippen molar-refractivity contribution in [2.75, 3.05) is 0 Å². The quantitative estimate of drug-likeness (QED) is 0.636. The number of H-pyrrole nitrogens is 1. The summed E-state index contributed by atoms with van der Waals surface area (Å²) in [6.45, 7) is 3.33. The van der Waals surface area contributed by atoms with E-state index in [9.17, 15) is 5.11 Å². The fourth-order valence-corrected chi connectivity index (χ4v) is 1.25. The number of nitrogens with one attached hydrogen (secondary N) is 1. The molecule has 0 spiro atoms. The molecular formula is C12H12N2O. The van der Waals surface area contributed by atoms with Crippen molar-refractivity contribution in [3.8, 4) is 11.8 Å². The van der Waals surface area contributed by atoms with Gasteiger partial charge in [-0.2, -0.15) is 5.10 Å². The second kappa shape index (κ2) is 3.41. The van der Waals surface area contributed by atoms with Crippen molar-refractivity contribution in [3.63, 3.8) is 0 Å². The maximum absolute atomic E-state index is 9.46. The summed E-state index contributed by atoms with van der Waals surface area (Å²) < 4.78 is 0. The topological polar surface area (TPSA) is 48.9 Å². The molecule has 0 unspecified atom stereocenters. The predicted molar refractivity (Wildman–Crippen MR) is 59.3 cm³/mol. The fourth-order valence-electron chi connectivity index (χ4n) is 1.25. The van der Waals surface area contributed by atoms with Crippen LogP contribution in [0.25, 0.3) is 10.9 Å². The minimum absolute atomic E-state index is 0.881. The first-order valence-electron chi connectivity index (χ1n) is 4.73. The van der Waals surface area contributed by atoms with E-state index < -0.39 is 5.60 Å². The van der Waals surface area contributed by atoms with Crippen LogP contribution in [0.3, 0.4) is 0 Å². The Labute approximate surface area is 88.1 Å². The molecule has 15 heavy (non-hydrogen) atoms. The van der Waals surface area contributed by atoms with E-state index in [-0.39, 0.29) is 0 Å². The van der Waals surface area contributed by atoms with Gasteiger partial charge in [-0.15, -0.1) is 0 Å². The van der Waals surface area contributed by atoms with E-state index in [0.717, 1.165) is 16.5 Å². The first kappa shape index (κ1) is 9.75. The summed E-state index contributed by atoms with van der Waals surface area (Å²) >= 11 is 0. The molecule has 3 heteroatoms. The second-order valence-electron chi connectivity index (χ2n) is 3.98. The van der Waals surface area contributed by atoms with E-state index in [0.29, 0.717) is 0 Å². The summed E-state index contributed by atoms with van der Waals surface area (Å²) in [5, 5.41) is 17.3.